The van der Waals surface area contributed by atoms with Crippen LogP contribution in [-0.2, 0) is 0 Å². The van der Waals surface area contributed by atoms with Crippen molar-refractivity contribution >= 4 is 0 Å². The van der Waals surface area contributed by atoms with Crippen molar-refractivity contribution in [2.24, 2.45) is 11.7 Å². The van der Waals surface area contributed by atoms with Gasteiger partial charge in [-0.05, 0) is 45.2 Å². The lowest BCUT2D eigenvalue weighted by Crippen LogP contribution is -2.51. The monoisotopic (exact) mass is 196 g/mol. The highest BCUT2D eigenvalue weighted by Crippen LogP contribution is 2.36. The van der Waals surface area contributed by atoms with E-state index < -0.39 is 0 Å². The van der Waals surface area contributed by atoms with E-state index in [2.05, 4.69) is 11.8 Å². The van der Waals surface area contributed by atoms with E-state index in [-0.39, 0.29) is 0 Å². The van der Waals surface area contributed by atoms with E-state index in [0.717, 1.165) is 12.5 Å². The molecule has 2 fully saturated rings. The van der Waals surface area contributed by atoms with Gasteiger partial charge in [0, 0.05) is 12.1 Å². The molecule has 2 heteroatoms. The third-order valence-electron chi connectivity index (χ3n) is 4.26. The van der Waals surface area contributed by atoms with E-state index in [9.17, 15) is 0 Å². The minimum Gasteiger partial charge on any atom is -0.329 e. The van der Waals surface area contributed by atoms with E-state index in [1.807, 2.05) is 0 Å². The van der Waals surface area contributed by atoms with E-state index in [1.54, 1.807) is 0 Å². The first-order chi connectivity index (χ1) is 6.74. The average molecular weight is 196 g/mol. The first-order valence-electron chi connectivity index (χ1n) is 6.20. The molecular weight excluding hydrogens is 172 g/mol. The van der Waals surface area contributed by atoms with Crippen LogP contribution in [0, 0.1) is 5.92 Å². The standard InChI is InChI=1S/C12H24N2/c1-12(10-13,9-11-5-4-6-11)14-7-2-3-8-14/h11H,2-10,13H2,1H3. The van der Waals surface area contributed by atoms with Gasteiger partial charge in [0.2, 0.25) is 0 Å². The Morgan fingerprint density at radius 2 is 1.86 bits per heavy atom. The summed E-state index contributed by atoms with van der Waals surface area (Å²) in [7, 11) is 0. The van der Waals surface area contributed by atoms with Crippen LogP contribution in [0.1, 0.15) is 45.4 Å². The Morgan fingerprint density at radius 1 is 1.21 bits per heavy atom. The Balaban J connectivity index is 1.92. The molecule has 0 aromatic rings. The smallest absolute Gasteiger partial charge is 0.0306 e. The molecule has 14 heavy (non-hydrogen) atoms. The molecule has 1 aliphatic carbocycles. The fraction of sp³-hybridized carbons (Fsp3) is 1.00. The third-order valence-corrected chi connectivity index (χ3v) is 4.26. The van der Waals surface area contributed by atoms with Crippen molar-refractivity contribution in [3.63, 3.8) is 0 Å². The summed E-state index contributed by atoms with van der Waals surface area (Å²) in [6.45, 7) is 5.76. The van der Waals surface area contributed by atoms with Crippen LogP contribution in [0.25, 0.3) is 0 Å². The highest BCUT2D eigenvalue weighted by molar-refractivity contribution is 4.93. The molecule has 0 spiro atoms. The summed E-state index contributed by atoms with van der Waals surface area (Å²) >= 11 is 0. The molecule has 2 N–H and O–H groups in total. The maximum absolute atomic E-state index is 5.97. The van der Waals surface area contributed by atoms with Gasteiger partial charge in [0.25, 0.3) is 0 Å². The maximum atomic E-state index is 5.97. The molecular formula is C12H24N2. The summed E-state index contributed by atoms with van der Waals surface area (Å²) in [6.07, 6.45) is 8.43. The predicted octanol–water partition coefficient (Wildman–Crippen LogP) is 1.99. The Bertz CT molecular complexity index is 183. The summed E-state index contributed by atoms with van der Waals surface area (Å²) in [5.74, 6) is 0.976. The minimum absolute atomic E-state index is 0.307. The van der Waals surface area contributed by atoms with Crippen LogP contribution in [0.2, 0.25) is 0 Å². The molecule has 0 amide bonds. The quantitative estimate of drug-likeness (QED) is 0.745. The fourth-order valence-electron chi connectivity index (χ4n) is 2.92. The summed E-state index contributed by atoms with van der Waals surface area (Å²) in [6, 6.07) is 0. The maximum Gasteiger partial charge on any atom is 0.0306 e. The van der Waals surface area contributed by atoms with Crippen LogP contribution in [-0.4, -0.2) is 30.1 Å². The van der Waals surface area contributed by atoms with Crippen LogP contribution in [0.3, 0.4) is 0 Å². The molecule has 0 aromatic carbocycles. The molecule has 2 nitrogen and oxygen atoms in total. The van der Waals surface area contributed by atoms with Crippen molar-refractivity contribution in [1.29, 1.82) is 0 Å². The topological polar surface area (TPSA) is 29.3 Å². The molecule has 1 saturated carbocycles. The summed E-state index contributed by atoms with van der Waals surface area (Å²) in [5, 5.41) is 0. The van der Waals surface area contributed by atoms with Gasteiger partial charge in [0.1, 0.15) is 0 Å². The van der Waals surface area contributed by atoms with Gasteiger partial charge in [-0.3, -0.25) is 4.90 Å². The molecule has 0 bridgehead atoms. The lowest BCUT2D eigenvalue weighted by Gasteiger charge is -2.42. The highest BCUT2D eigenvalue weighted by atomic mass is 15.2. The van der Waals surface area contributed by atoms with Gasteiger partial charge in [-0.15, -0.1) is 0 Å². The molecule has 2 rings (SSSR count). The van der Waals surface area contributed by atoms with E-state index in [0.29, 0.717) is 5.54 Å². The van der Waals surface area contributed by atoms with Crippen molar-refractivity contribution in [1.82, 2.24) is 4.90 Å². The molecule has 2 aliphatic rings. The second-order valence-corrected chi connectivity index (χ2v) is 5.40. The fourth-order valence-corrected chi connectivity index (χ4v) is 2.92. The number of nitrogens with zero attached hydrogens (tertiary/aromatic N) is 1. The van der Waals surface area contributed by atoms with Crippen LogP contribution in [0.4, 0.5) is 0 Å². The largest absolute Gasteiger partial charge is 0.329 e. The van der Waals surface area contributed by atoms with E-state index >= 15 is 0 Å². The number of rotatable bonds is 4. The van der Waals surface area contributed by atoms with Gasteiger partial charge in [0.15, 0.2) is 0 Å². The van der Waals surface area contributed by atoms with Crippen LogP contribution in [0.5, 0.6) is 0 Å². The van der Waals surface area contributed by atoms with Gasteiger partial charge < -0.3 is 5.73 Å². The normalized spacial score (nSPS) is 28.7. The Morgan fingerprint density at radius 3 is 2.29 bits per heavy atom. The first kappa shape index (κ1) is 10.4. The number of nitrogens with two attached hydrogens (primary N) is 1. The van der Waals surface area contributed by atoms with E-state index in [4.69, 9.17) is 5.73 Å². The van der Waals surface area contributed by atoms with Crippen molar-refractivity contribution in [3.05, 3.63) is 0 Å². The van der Waals surface area contributed by atoms with Gasteiger partial charge >= 0.3 is 0 Å². The second-order valence-electron chi connectivity index (χ2n) is 5.40. The lowest BCUT2D eigenvalue weighted by atomic mass is 9.76. The highest BCUT2D eigenvalue weighted by Gasteiger charge is 2.35. The molecule has 1 aliphatic heterocycles. The number of hydrogen-bond donors (Lipinski definition) is 1. The Kier molecular flexibility index (Phi) is 3.13. The molecule has 0 radical (unpaired) electrons. The van der Waals surface area contributed by atoms with Crippen molar-refractivity contribution in [3.8, 4) is 0 Å². The summed E-state index contributed by atoms with van der Waals surface area (Å²) in [4.78, 5) is 2.63. The van der Waals surface area contributed by atoms with Gasteiger partial charge in [-0.1, -0.05) is 19.3 Å². The molecule has 1 heterocycles. The van der Waals surface area contributed by atoms with Crippen molar-refractivity contribution in [2.75, 3.05) is 19.6 Å². The van der Waals surface area contributed by atoms with E-state index in [1.165, 1.54) is 51.6 Å². The van der Waals surface area contributed by atoms with Gasteiger partial charge in [0.05, 0.1) is 0 Å². The SMILES string of the molecule is CC(CN)(CC1CCC1)N1CCCC1. The Labute approximate surface area is 87.8 Å². The van der Waals surface area contributed by atoms with Gasteiger partial charge in [-0.2, -0.15) is 0 Å². The van der Waals surface area contributed by atoms with Crippen LogP contribution in [0.15, 0.2) is 0 Å². The van der Waals surface area contributed by atoms with Crippen LogP contribution < -0.4 is 5.73 Å². The Hall–Kier alpha value is -0.0800. The summed E-state index contributed by atoms with van der Waals surface area (Å²) < 4.78 is 0. The molecule has 82 valence electrons. The first-order valence-corrected chi connectivity index (χ1v) is 6.20. The molecule has 1 atom stereocenters. The number of likely N-dealkylation sites (tertiary alicyclic amines) is 1. The zero-order valence-electron chi connectivity index (χ0n) is 9.47. The molecule has 1 unspecified atom stereocenters. The molecule has 0 aromatic heterocycles. The molecule has 1 saturated heterocycles. The summed E-state index contributed by atoms with van der Waals surface area (Å²) in [5.41, 5.74) is 6.28. The third kappa shape index (κ3) is 1.96. The van der Waals surface area contributed by atoms with Gasteiger partial charge in [-0.25, -0.2) is 0 Å². The average Bonchev–Trinajstić information content (AvgIpc) is 2.64. The van der Waals surface area contributed by atoms with Crippen molar-refractivity contribution in [2.45, 2.75) is 51.0 Å². The number of hydrogen-bond acceptors (Lipinski definition) is 2. The lowest BCUT2D eigenvalue weighted by molar-refractivity contribution is 0.0904. The minimum atomic E-state index is 0.307. The zero-order valence-corrected chi connectivity index (χ0v) is 9.47. The van der Waals surface area contributed by atoms with Crippen LogP contribution >= 0.6 is 0 Å². The second kappa shape index (κ2) is 4.19. The zero-order chi connectivity index (χ0) is 10.0. The predicted molar refractivity (Wildman–Crippen MR) is 60.2 cm³/mol. The van der Waals surface area contributed by atoms with Crippen molar-refractivity contribution < 1.29 is 0 Å².